The Morgan fingerprint density at radius 3 is 2.50 bits per heavy atom. The van der Waals surface area contributed by atoms with E-state index in [-0.39, 0.29) is 16.9 Å². The van der Waals surface area contributed by atoms with Gasteiger partial charge in [-0.15, -0.1) is 0 Å². The highest BCUT2D eigenvalue weighted by atomic mass is 127. The average molecular weight is 359 g/mol. The molecule has 4 nitrogen and oxygen atoms in total. The van der Waals surface area contributed by atoms with Gasteiger partial charge in [-0.2, -0.15) is 0 Å². The maximum absolute atomic E-state index is 12.0. The topological polar surface area (TPSA) is 66.4 Å². The second-order valence-corrected chi connectivity index (χ2v) is 6.15. The van der Waals surface area contributed by atoms with E-state index in [0.717, 1.165) is 22.8 Å². The molecule has 1 fully saturated rings. The molecule has 0 unspecified atom stereocenters. The molecule has 0 saturated heterocycles. The number of halogens is 1. The lowest BCUT2D eigenvalue weighted by Gasteiger charge is -2.36. The van der Waals surface area contributed by atoms with Gasteiger partial charge in [-0.3, -0.25) is 4.79 Å². The van der Waals surface area contributed by atoms with Crippen LogP contribution in [0.5, 0.6) is 0 Å². The first kappa shape index (κ1) is 13.3. The molecule has 2 N–H and O–H groups in total. The van der Waals surface area contributed by atoms with Gasteiger partial charge in [0.2, 0.25) is 5.91 Å². The highest BCUT2D eigenvalue weighted by Crippen LogP contribution is 2.41. The van der Waals surface area contributed by atoms with E-state index in [9.17, 15) is 9.59 Å². The third-order valence-corrected chi connectivity index (χ3v) is 4.03. The zero-order chi connectivity index (χ0) is 13.3. The number of aromatic carboxylic acids is 1. The molecular formula is C13H14INO3. The SMILES string of the molecule is CC1(C(=O)Nc2cc(I)cc(C(=O)O)c2)CCC1. The minimum atomic E-state index is -0.987. The second-order valence-electron chi connectivity index (χ2n) is 4.90. The molecule has 18 heavy (non-hydrogen) atoms. The van der Waals surface area contributed by atoms with Gasteiger partial charge in [-0.05, 0) is 53.6 Å². The van der Waals surface area contributed by atoms with E-state index in [0.29, 0.717) is 5.69 Å². The molecule has 5 heteroatoms. The van der Waals surface area contributed by atoms with Crippen molar-refractivity contribution in [2.75, 3.05) is 5.32 Å². The Hall–Kier alpha value is -1.11. The van der Waals surface area contributed by atoms with Crippen LogP contribution in [0.25, 0.3) is 0 Å². The second kappa shape index (κ2) is 4.87. The lowest BCUT2D eigenvalue weighted by molar-refractivity contribution is -0.128. The first-order valence-corrected chi connectivity index (χ1v) is 6.84. The molecule has 0 bridgehead atoms. The van der Waals surface area contributed by atoms with Crippen molar-refractivity contribution in [3.63, 3.8) is 0 Å². The molecule has 1 amide bonds. The van der Waals surface area contributed by atoms with Crippen LogP contribution in [0.2, 0.25) is 0 Å². The lowest BCUT2D eigenvalue weighted by atomic mass is 9.70. The molecule has 1 aromatic rings. The summed E-state index contributed by atoms with van der Waals surface area (Å²) in [6, 6.07) is 4.83. The van der Waals surface area contributed by atoms with Crippen LogP contribution in [0.4, 0.5) is 5.69 Å². The predicted octanol–water partition coefficient (Wildman–Crippen LogP) is 3.12. The number of carbonyl (C=O) groups excluding carboxylic acids is 1. The smallest absolute Gasteiger partial charge is 0.335 e. The third kappa shape index (κ3) is 2.66. The Bertz CT molecular complexity index is 509. The third-order valence-electron chi connectivity index (χ3n) is 3.41. The molecule has 0 radical (unpaired) electrons. The molecule has 1 saturated carbocycles. The van der Waals surface area contributed by atoms with Gasteiger partial charge < -0.3 is 10.4 Å². The normalized spacial score (nSPS) is 16.8. The van der Waals surface area contributed by atoms with E-state index in [4.69, 9.17) is 5.11 Å². The molecule has 0 aliphatic heterocycles. The van der Waals surface area contributed by atoms with Crippen molar-refractivity contribution >= 4 is 40.2 Å². The van der Waals surface area contributed by atoms with Crippen molar-refractivity contribution in [1.29, 1.82) is 0 Å². The number of carbonyl (C=O) groups is 2. The Balaban J connectivity index is 2.18. The van der Waals surface area contributed by atoms with E-state index in [1.54, 1.807) is 12.1 Å². The molecule has 0 heterocycles. The van der Waals surface area contributed by atoms with Gasteiger partial charge in [-0.1, -0.05) is 13.3 Å². The van der Waals surface area contributed by atoms with Crippen LogP contribution >= 0.6 is 22.6 Å². The van der Waals surface area contributed by atoms with Crippen molar-refractivity contribution in [1.82, 2.24) is 0 Å². The highest BCUT2D eigenvalue weighted by Gasteiger charge is 2.39. The van der Waals surface area contributed by atoms with E-state index < -0.39 is 5.97 Å². The summed E-state index contributed by atoms with van der Waals surface area (Å²) in [5, 5.41) is 11.8. The van der Waals surface area contributed by atoms with Crippen LogP contribution in [0.15, 0.2) is 18.2 Å². The average Bonchev–Trinajstić information content (AvgIpc) is 2.24. The Labute approximate surface area is 119 Å². The first-order chi connectivity index (χ1) is 8.40. The fourth-order valence-corrected chi connectivity index (χ4v) is 2.67. The summed E-state index contributed by atoms with van der Waals surface area (Å²) in [5.41, 5.74) is 0.457. The number of hydrogen-bond acceptors (Lipinski definition) is 2. The van der Waals surface area contributed by atoms with Crippen LogP contribution in [0.3, 0.4) is 0 Å². The van der Waals surface area contributed by atoms with Gasteiger partial charge in [0, 0.05) is 14.7 Å². The Kier molecular flexibility index (Phi) is 3.61. The number of amides is 1. The molecule has 0 spiro atoms. The molecule has 96 valence electrons. The predicted molar refractivity (Wildman–Crippen MR) is 76.7 cm³/mol. The van der Waals surface area contributed by atoms with Gasteiger partial charge >= 0.3 is 5.97 Å². The minimum absolute atomic E-state index is 0.0212. The zero-order valence-corrected chi connectivity index (χ0v) is 12.2. The number of hydrogen-bond donors (Lipinski definition) is 2. The van der Waals surface area contributed by atoms with Crippen molar-refractivity contribution in [2.45, 2.75) is 26.2 Å². The van der Waals surface area contributed by atoms with Crippen molar-refractivity contribution < 1.29 is 14.7 Å². The lowest BCUT2D eigenvalue weighted by Crippen LogP contribution is -2.39. The standard InChI is InChI=1S/C13H14INO3/c1-13(3-2-4-13)12(18)15-10-6-8(11(16)17)5-9(14)7-10/h5-7H,2-4H2,1H3,(H,15,18)(H,16,17). The van der Waals surface area contributed by atoms with E-state index in [1.807, 2.05) is 29.5 Å². The number of carboxylic acids is 1. The van der Waals surface area contributed by atoms with Crippen LogP contribution in [-0.2, 0) is 4.79 Å². The summed E-state index contributed by atoms with van der Waals surface area (Å²) < 4.78 is 0.793. The molecular weight excluding hydrogens is 345 g/mol. The number of benzene rings is 1. The number of nitrogens with one attached hydrogen (secondary N) is 1. The van der Waals surface area contributed by atoms with E-state index >= 15 is 0 Å². The summed E-state index contributed by atoms with van der Waals surface area (Å²) in [6.07, 6.45) is 2.87. The van der Waals surface area contributed by atoms with Gasteiger partial charge in [0.1, 0.15) is 0 Å². The van der Waals surface area contributed by atoms with Crippen LogP contribution in [0, 0.1) is 8.99 Å². The fraction of sp³-hybridized carbons (Fsp3) is 0.385. The zero-order valence-electron chi connectivity index (χ0n) is 10.00. The van der Waals surface area contributed by atoms with Crippen molar-refractivity contribution in [3.05, 3.63) is 27.3 Å². The maximum Gasteiger partial charge on any atom is 0.335 e. The summed E-state index contributed by atoms with van der Waals surface area (Å²) in [5.74, 6) is -1.01. The Morgan fingerprint density at radius 1 is 1.33 bits per heavy atom. The summed E-state index contributed by atoms with van der Waals surface area (Å²) in [7, 11) is 0. The van der Waals surface area contributed by atoms with Gasteiger partial charge in [-0.25, -0.2) is 4.79 Å². The van der Waals surface area contributed by atoms with Crippen molar-refractivity contribution in [2.24, 2.45) is 5.41 Å². The van der Waals surface area contributed by atoms with Crippen LogP contribution in [0.1, 0.15) is 36.5 Å². The molecule has 1 aliphatic carbocycles. The van der Waals surface area contributed by atoms with Gasteiger partial charge in [0.05, 0.1) is 5.56 Å². The Morgan fingerprint density at radius 2 is 2.00 bits per heavy atom. The molecule has 1 aliphatic rings. The van der Waals surface area contributed by atoms with Crippen molar-refractivity contribution in [3.8, 4) is 0 Å². The molecule has 2 rings (SSSR count). The summed E-state index contributed by atoms with van der Waals surface area (Å²) in [6.45, 7) is 1.94. The molecule has 0 atom stereocenters. The first-order valence-electron chi connectivity index (χ1n) is 5.76. The summed E-state index contributed by atoms with van der Waals surface area (Å²) in [4.78, 5) is 23.0. The fourth-order valence-electron chi connectivity index (χ4n) is 2.00. The number of carboxylic acid groups (broad SMARTS) is 1. The summed E-state index contributed by atoms with van der Waals surface area (Å²) >= 11 is 2.04. The number of anilines is 1. The van der Waals surface area contributed by atoms with E-state index in [1.165, 1.54) is 6.07 Å². The van der Waals surface area contributed by atoms with Crippen LogP contribution in [-0.4, -0.2) is 17.0 Å². The minimum Gasteiger partial charge on any atom is -0.478 e. The van der Waals surface area contributed by atoms with E-state index in [2.05, 4.69) is 5.32 Å². The van der Waals surface area contributed by atoms with Crippen LogP contribution < -0.4 is 5.32 Å². The van der Waals surface area contributed by atoms with Gasteiger partial charge in [0.15, 0.2) is 0 Å². The monoisotopic (exact) mass is 359 g/mol. The quantitative estimate of drug-likeness (QED) is 0.815. The largest absolute Gasteiger partial charge is 0.478 e. The molecule has 1 aromatic carbocycles. The molecule has 0 aromatic heterocycles. The van der Waals surface area contributed by atoms with Gasteiger partial charge in [0.25, 0.3) is 0 Å². The number of rotatable bonds is 3. The highest BCUT2D eigenvalue weighted by molar-refractivity contribution is 14.1. The maximum atomic E-state index is 12.0.